The summed E-state index contributed by atoms with van der Waals surface area (Å²) in [5.41, 5.74) is -0.00223. The van der Waals surface area contributed by atoms with Crippen LogP contribution in [0.5, 0.6) is 0 Å². The van der Waals surface area contributed by atoms with Gasteiger partial charge in [0.05, 0.1) is 11.3 Å². The van der Waals surface area contributed by atoms with Crippen LogP contribution in [0.15, 0.2) is 18.2 Å². The van der Waals surface area contributed by atoms with Gasteiger partial charge in [-0.05, 0) is 30.9 Å². The van der Waals surface area contributed by atoms with Crippen LogP contribution < -0.4 is 5.32 Å². The van der Waals surface area contributed by atoms with Crippen LogP contribution in [0.2, 0.25) is 0 Å². The summed E-state index contributed by atoms with van der Waals surface area (Å²) >= 11 is 0. The van der Waals surface area contributed by atoms with Crippen molar-refractivity contribution in [2.45, 2.75) is 12.8 Å². The highest BCUT2D eigenvalue weighted by molar-refractivity contribution is 5.89. The molecule has 80 valence electrons. The van der Waals surface area contributed by atoms with Crippen molar-refractivity contribution in [1.82, 2.24) is 0 Å². The Kier molecular flexibility index (Phi) is 2.58. The number of benzene rings is 1. The van der Waals surface area contributed by atoms with Gasteiger partial charge in [-0.1, -0.05) is 6.07 Å². The monoisotopic (exact) mass is 209 g/mol. The number of nitrogens with one attached hydrogen (secondary N) is 1. The van der Waals surface area contributed by atoms with Gasteiger partial charge >= 0.3 is 5.97 Å². The summed E-state index contributed by atoms with van der Waals surface area (Å²) in [6.45, 7) is 0.722. The lowest BCUT2D eigenvalue weighted by molar-refractivity contribution is 0.0692. The molecule has 0 bridgehead atoms. The first-order valence-electron chi connectivity index (χ1n) is 4.94. The predicted octanol–water partition coefficient (Wildman–Crippen LogP) is 2.35. The van der Waals surface area contributed by atoms with Crippen LogP contribution in [0.25, 0.3) is 0 Å². The van der Waals surface area contributed by atoms with Crippen LogP contribution in [-0.2, 0) is 0 Å². The van der Waals surface area contributed by atoms with Gasteiger partial charge in [0.2, 0.25) is 0 Å². The van der Waals surface area contributed by atoms with E-state index in [1.807, 2.05) is 0 Å². The SMILES string of the molecule is O=C(O)c1cccc(NCC2CC2)c1F. The van der Waals surface area contributed by atoms with E-state index in [9.17, 15) is 9.18 Å². The minimum atomic E-state index is -1.23. The average molecular weight is 209 g/mol. The van der Waals surface area contributed by atoms with Gasteiger partial charge in [-0.3, -0.25) is 0 Å². The van der Waals surface area contributed by atoms with E-state index in [0.717, 1.165) is 6.54 Å². The van der Waals surface area contributed by atoms with Crippen LogP contribution in [0.4, 0.5) is 10.1 Å². The van der Waals surface area contributed by atoms with E-state index >= 15 is 0 Å². The van der Waals surface area contributed by atoms with E-state index < -0.39 is 11.8 Å². The molecule has 0 heterocycles. The molecule has 0 amide bonds. The Morgan fingerprint density at radius 3 is 2.87 bits per heavy atom. The fraction of sp³-hybridized carbons (Fsp3) is 0.364. The molecule has 1 aliphatic carbocycles. The number of rotatable bonds is 4. The van der Waals surface area contributed by atoms with E-state index in [-0.39, 0.29) is 11.3 Å². The maximum Gasteiger partial charge on any atom is 0.338 e. The van der Waals surface area contributed by atoms with Gasteiger partial charge < -0.3 is 10.4 Å². The predicted molar refractivity (Wildman–Crippen MR) is 54.6 cm³/mol. The van der Waals surface area contributed by atoms with Gasteiger partial charge in [-0.15, -0.1) is 0 Å². The molecule has 4 heteroatoms. The molecule has 1 saturated carbocycles. The van der Waals surface area contributed by atoms with Crippen molar-refractivity contribution >= 4 is 11.7 Å². The van der Waals surface area contributed by atoms with Crippen molar-refractivity contribution in [1.29, 1.82) is 0 Å². The number of carboxylic acid groups (broad SMARTS) is 1. The van der Waals surface area contributed by atoms with E-state index in [0.29, 0.717) is 5.92 Å². The Labute approximate surface area is 86.9 Å². The van der Waals surface area contributed by atoms with Crippen molar-refractivity contribution in [2.75, 3.05) is 11.9 Å². The topological polar surface area (TPSA) is 49.3 Å². The summed E-state index contributed by atoms with van der Waals surface area (Å²) in [4.78, 5) is 10.7. The molecule has 0 atom stereocenters. The lowest BCUT2D eigenvalue weighted by atomic mass is 10.2. The molecule has 1 aliphatic rings. The average Bonchev–Trinajstić information content (AvgIpc) is 2.99. The highest BCUT2D eigenvalue weighted by atomic mass is 19.1. The van der Waals surface area contributed by atoms with Gasteiger partial charge in [-0.2, -0.15) is 0 Å². The molecule has 0 radical (unpaired) electrons. The summed E-state index contributed by atoms with van der Waals surface area (Å²) in [7, 11) is 0. The zero-order chi connectivity index (χ0) is 10.8. The first-order chi connectivity index (χ1) is 7.18. The third-order valence-electron chi connectivity index (χ3n) is 2.51. The molecule has 0 aliphatic heterocycles. The minimum Gasteiger partial charge on any atom is -0.478 e. The highest BCUT2D eigenvalue weighted by Gasteiger charge is 2.21. The van der Waals surface area contributed by atoms with Crippen molar-refractivity contribution in [3.8, 4) is 0 Å². The lowest BCUT2D eigenvalue weighted by Gasteiger charge is -2.07. The molecular formula is C11H12FNO2. The van der Waals surface area contributed by atoms with Gasteiger partial charge in [0, 0.05) is 6.54 Å². The largest absolute Gasteiger partial charge is 0.478 e. The van der Waals surface area contributed by atoms with E-state index in [1.165, 1.54) is 18.9 Å². The van der Waals surface area contributed by atoms with E-state index in [4.69, 9.17) is 5.11 Å². The fourth-order valence-corrected chi connectivity index (χ4v) is 1.41. The van der Waals surface area contributed by atoms with Gasteiger partial charge in [0.15, 0.2) is 5.82 Å². The maximum atomic E-state index is 13.6. The molecule has 1 fully saturated rings. The van der Waals surface area contributed by atoms with Crippen LogP contribution in [0, 0.1) is 11.7 Å². The maximum absolute atomic E-state index is 13.6. The summed E-state index contributed by atoms with van der Waals surface area (Å²) in [5, 5.41) is 11.6. The number of hydrogen-bond donors (Lipinski definition) is 2. The lowest BCUT2D eigenvalue weighted by Crippen LogP contribution is -2.08. The Hall–Kier alpha value is -1.58. The number of halogens is 1. The smallest absolute Gasteiger partial charge is 0.338 e. The molecular weight excluding hydrogens is 197 g/mol. The number of hydrogen-bond acceptors (Lipinski definition) is 2. The number of carboxylic acids is 1. The minimum absolute atomic E-state index is 0.279. The zero-order valence-corrected chi connectivity index (χ0v) is 8.16. The van der Waals surface area contributed by atoms with Crippen molar-refractivity contribution in [2.24, 2.45) is 5.92 Å². The van der Waals surface area contributed by atoms with Crippen molar-refractivity contribution in [3.63, 3.8) is 0 Å². The Balaban J connectivity index is 2.14. The number of carbonyl (C=O) groups is 1. The van der Waals surface area contributed by atoms with Crippen LogP contribution in [0.3, 0.4) is 0 Å². The van der Waals surface area contributed by atoms with Crippen molar-refractivity contribution in [3.05, 3.63) is 29.6 Å². The molecule has 1 aromatic rings. The van der Waals surface area contributed by atoms with E-state index in [1.54, 1.807) is 12.1 Å². The quantitative estimate of drug-likeness (QED) is 0.800. The van der Waals surface area contributed by atoms with Gasteiger partial charge in [-0.25, -0.2) is 9.18 Å². The fourth-order valence-electron chi connectivity index (χ4n) is 1.41. The summed E-state index contributed by atoms with van der Waals surface area (Å²) in [5.74, 6) is -1.29. The number of aromatic carboxylic acids is 1. The summed E-state index contributed by atoms with van der Waals surface area (Å²) < 4.78 is 13.6. The molecule has 1 aromatic carbocycles. The molecule has 2 N–H and O–H groups in total. The first kappa shape index (κ1) is 9.96. The molecule has 3 nitrogen and oxygen atoms in total. The second-order valence-corrected chi connectivity index (χ2v) is 3.80. The van der Waals surface area contributed by atoms with Gasteiger partial charge in [0.1, 0.15) is 0 Å². The standard InChI is InChI=1S/C11H12FNO2/c12-10-8(11(14)15)2-1-3-9(10)13-6-7-4-5-7/h1-3,7,13H,4-6H2,(H,14,15). The Bertz CT molecular complexity index is 388. The molecule has 0 saturated heterocycles. The molecule has 2 rings (SSSR count). The van der Waals surface area contributed by atoms with Crippen LogP contribution >= 0.6 is 0 Å². The van der Waals surface area contributed by atoms with Crippen LogP contribution in [0.1, 0.15) is 23.2 Å². The third-order valence-corrected chi connectivity index (χ3v) is 2.51. The summed E-state index contributed by atoms with van der Waals surface area (Å²) in [6.07, 6.45) is 2.35. The molecule has 0 aromatic heterocycles. The highest BCUT2D eigenvalue weighted by Crippen LogP contribution is 2.29. The number of anilines is 1. The summed E-state index contributed by atoms with van der Waals surface area (Å²) in [6, 6.07) is 4.37. The van der Waals surface area contributed by atoms with E-state index in [2.05, 4.69) is 5.32 Å². The molecule has 15 heavy (non-hydrogen) atoms. The second-order valence-electron chi connectivity index (χ2n) is 3.80. The normalized spacial score (nSPS) is 15.0. The molecule has 0 spiro atoms. The third kappa shape index (κ3) is 2.26. The zero-order valence-electron chi connectivity index (χ0n) is 8.16. The first-order valence-corrected chi connectivity index (χ1v) is 4.94. The van der Waals surface area contributed by atoms with Crippen molar-refractivity contribution < 1.29 is 14.3 Å². The molecule has 0 unspecified atom stereocenters. The van der Waals surface area contributed by atoms with Crippen LogP contribution in [-0.4, -0.2) is 17.6 Å². The van der Waals surface area contributed by atoms with Gasteiger partial charge in [0.25, 0.3) is 0 Å². The second kappa shape index (κ2) is 3.88. The Morgan fingerprint density at radius 1 is 1.53 bits per heavy atom. The Morgan fingerprint density at radius 2 is 2.27 bits per heavy atom.